The van der Waals surface area contributed by atoms with Gasteiger partial charge in [-0.05, 0) is 37.9 Å². The molecule has 1 atom stereocenters. The van der Waals surface area contributed by atoms with Crippen molar-refractivity contribution in [1.29, 1.82) is 5.26 Å². The average molecular weight is 375 g/mol. The molecule has 1 aliphatic rings. The number of nitrogens with one attached hydrogen (secondary N) is 1. The van der Waals surface area contributed by atoms with Crippen molar-refractivity contribution in [2.45, 2.75) is 38.4 Å². The summed E-state index contributed by atoms with van der Waals surface area (Å²) in [5, 5.41) is 12.1. The summed E-state index contributed by atoms with van der Waals surface area (Å²) in [6, 6.07) is 2.17. The maximum Gasteiger partial charge on any atom is 0.273 e. The van der Waals surface area contributed by atoms with Crippen LogP contribution in [0.4, 0.5) is 0 Å². The molecule has 0 bridgehead atoms. The first-order chi connectivity index (χ1) is 11.9. The van der Waals surface area contributed by atoms with E-state index in [1.807, 2.05) is 0 Å². The topological polar surface area (TPSA) is 92.7 Å². The number of carbonyl (C=O) groups is 1. The number of carbonyl (C=O) groups excluding carboxylic acids is 1. The van der Waals surface area contributed by atoms with Gasteiger partial charge in [0.15, 0.2) is 9.60 Å². The average Bonchev–Trinajstić information content (AvgIpc) is 3.38. The van der Waals surface area contributed by atoms with E-state index < -0.39 is 5.54 Å². The lowest BCUT2D eigenvalue weighted by Gasteiger charge is -2.22. The van der Waals surface area contributed by atoms with E-state index in [-0.39, 0.29) is 23.9 Å². The number of aromatic nitrogens is 3. The zero-order valence-electron chi connectivity index (χ0n) is 13.7. The maximum atomic E-state index is 12.6. The van der Waals surface area contributed by atoms with E-state index in [0.717, 1.165) is 12.8 Å². The largest absolute Gasteiger partial charge is 0.336 e. The molecule has 1 saturated carbocycles. The molecule has 1 aliphatic carbocycles. The lowest BCUT2D eigenvalue weighted by Crippen LogP contribution is -2.48. The molecule has 2 aromatic rings. The van der Waals surface area contributed by atoms with Crippen LogP contribution in [0.2, 0.25) is 0 Å². The number of hydrogen-bond acceptors (Lipinski definition) is 6. The molecule has 2 heterocycles. The van der Waals surface area contributed by atoms with Gasteiger partial charge in [0.1, 0.15) is 23.1 Å². The first-order valence-electron chi connectivity index (χ1n) is 7.81. The van der Waals surface area contributed by atoms with Crippen LogP contribution >= 0.6 is 23.6 Å². The number of amides is 1. The molecule has 1 amide bonds. The van der Waals surface area contributed by atoms with Crippen molar-refractivity contribution >= 4 is 39.8 Å². The number of hydrogen-bond donors (Lipinski definition) is 1. The van der Waals surface area contributed by atoms with Gasteiger partial charge >= 0.3 is 0 Å². The van der Waals surface area contributed by atoms with Crippen LogP contribution in [0.25, 0.3) is 10.3 Å². The zero-order chi connectivity index (χ0) is 18.2. The summed E-state index contributed by atoms with van der Waals surface area (Å²) in [5.74, 6) is -0.204. The highest BCUT2D eigenvalue weighted by Crippen LogP contribution is 2.39. The second kappa shape index (κ2) is 6.54. The Balaban J connectivity index is 1.87. The fourth-order valence-corrected chi connectivity index (χ4v) is 4.06. The molecule has 9 heteroatoms. The van der Waals surface area contributed by atoms with Gasteiger partial charge < -0.3 is 9.88 Å². The van der Waals surface area contributed by atoms with Crippen LogP contribution in [0.5, 0.6) is 0 Å². The van der Waals surface area contributed by atoms with E-state index in [0.29, 0.717) is 20.8 Å². The van der Waals surface area contributed by atoms with Gasteiger partial charge in [-0.15, -0.1) is 6.58 Å². The van der Waals surface area contributed by atoms with Crippen LogP contribution in [0.15, 0.2) is 23.8 Å². The van der Waals surface area contributed by atoms with Crippen LogP contribution in [0, 0.1) is 21.2 Å². The molecule has 0 spiro atoms. The van der Waals surface area contributed by atoms with Crippen molar-refractivity contribution in [3.8, 4) is 6.07 Å². The Hall–Kier alpha value is -2.31. The lowest BCUT2D eigenvalue weighted by atomic mass is 9.98. The number of nitrogens with zero attached hydrogens (tertiary/aromatic N) is 4. The Morgan fingerprint density at radius 3 is 3.00 bits per heavy atom. The van der Waals surface area contributed by atoms with Crippen molar-refractivity contribution in [2.24, 2.45) is 5.92 Å². The molecular formula is C16H17N5O2S2. The third-order valence-electron chi connectivity index (χ3n) is 4.29. The van der Waals surface area contributed by atoms with Crippen molar-refractivity contribution < 1.29 is 4.79 Å². The second-order valence-electron chi connectivity index (χ2n) is 6.23. The van der Waals surface area contributed by atoms with Gasteiger partial charge in [0.2, 0.25) is 5.91 Å². The molecule has 1 unspecified atom stereocenters. The van der Waals surface area contributed by atoms with Gasteiger partial charge in [-0.2, -0.15) is 5.26 Å². The predicted octanol–water partition coefficient (Wildman–Crippen LogP) is 1.98. The Labute approximate surface area is 153 Å². The minimum Gasteiger partial charge on any atom is -0.336 e. The van der Waals surface area contributed by atoms with Crippen molar-refractivity contribution in [1.82, 2.24) is 19.4 Å². The van der Waals surface area contributed by atoms with E-state index in [9.17, 15) is 14.9 Å². The SMILES string of the molecule is C=CCn1c(=S)sc2c(=O)n(CC(=O)NC(C)(C#N)C3CC3)cnc21. The fourth-order valence-electron chi connectivity index (χ4n) is 2.74. The Bertz CT molecular complexity index is 1010. The van der Waals surface area contributed by atoms with Gasteiger partial charge in [-0.3, -0.25) is 14.2 Å². The third-order valence-corrected chi connectivity index (χ3v) is 5.72. The molecule has 25 heavy (non-hydrogen) atoms. The summed E-state index contributed by atoms with van der Waals surface area (Å²) < 4.78 is 3.92. The van der Waals surface area contributed by atoms with E-state index in [2.05, 4.69) is 22.9 Å². The Kier molecular flexibility index (Phi) is 4.58. The number of allylic oxidation sites excluding steroid dienone is 1. The standard InChI is InChI=1S/C16H17N5O2S2/c1-3-6-21-13-12(25-15(21)24)14(23)20(9-18-13)7-11(22)19-16(2,8-17)10-4-5-10/h3,9-10H,1,4-7H2,2H3,(H,19,22). The second-order valence-corrected chi connectivity index (χ2v) is 7.88. The molecule has 1 N–H and O–H groups in total. The summed E-state index contributed by atoms with van der Waals surface area (Å²) in [6.45, 7) is 5.67. The Morgan fingerprint density at radius 2 is 2.40 bits per heavy atom. The first kappa shape index (κ1) is 17.5. The van der Waals surface area contributed by atoms with Crippen molar-refractivity contribution in [3.05, 3.63) is 33.3 Å². The molecule has 2 aromatic heterocycles. The van der Waals surface area contributed by atoms with Crippen molar-refractivity contribution in [3.63, 3.8) is 0 Å². The van der Waals surface area contributed by atoms with E-state index in [4.69, 9.17) is 12.2 Å². The highest BCUT2D eigenvalue weighted by atomic mass is 32.1. The summed E-state index contributed by atoms with van der Waals surface area (Å²) in [5.41, 5.74) is -0.706. The molecule has 130 valence electrons. The number of rotatable bonds is 6. The zero-order valence-corrected chi connectivity index (χ0v) is 15.3. The number of fused-ring (bicyclic) bond motifs is 1. The fraction of sp³-hybridized carbons (Fsp3) is 0.438. The van der Waals surface area contributed by atoms with Crippen LogP contribution in [-0.2, 0) is 17.9 Å². The summed E-state index contributed by atoms with van der Waals surface area (Å²) in [4.78, 5) is 29.2. The van der Waals surface area contributed by atoms with Gasteiger partial charge in [-0.1, -0.05) is 17.4 Å². The molecule has 1 fully saturated rings. The van der Waals surface area contributed by atoms with Crippen LogP contribution < -0.4 is 10.9 Å². The highest BCUT2D eigenvalue weighted by molar-refractivity contribution is 7.73. The molecular weight excluding hydrogens is 358 g/mol. The number of nitriles is 1. The smallest absolute Gasteiger partial charge is 0.273 e. The van der Waals surface area contributed by atoms with Gasteiger partial charge in [0.25, 0.3) is 5.56 Å². The minimum absolute atomic E-state index is 0.178. The summed E-state index contributed by atoms with van der Waals surface area (Å²) in [7, 11) is 0. The lowest BCUT2D eigenvalue weighted by molar-refractivity contribution is -0.123. The summed E-state index contributed by atoms with van der Waals surface area (Å²) in [6.07, 6.45) is 4.88. The predicted molar refractivity (Wildman–Crippen MR) is 97.8 cm³/mol. The molecule has 3 rings (SSSR count). The van der Waals surface area contributed by atoms with Crippen LogP contribution in [0.3, 0.4) is 0 Å². The van der Waals surface area contributed by atoms with E-state index in [1.54, 1.807) is 17.6 Å². The van der Waals surface area contributed by atoms with E-state index >= 15 is 0 Å². The minimum atomic E-state index is -0.887. The van der Waals surface area contributed by atoms with Crippen LogP contribution in [-0.4, -0.2) is 25.6 Å². The maximum absolute atomic E-state index is 12.6. The monoisotopic (exact) mass is 375 g/mol. The van der Waals surface area contributed by atoms with Crippen molar-refractivity contribution in [2.75, 3.05) is 0 Å². The molecule has 7 nitrogen and oxygen atoms in total. The number of thiazole rings is 1. The molecule has 0 saturated heterocycles. The van der Waals surface area contributed by atoms with Gasteiger partial charge in [-0.25, -0.2) is 4.98 Å². The normalized spacial score (nSPS) is 16.2. The molecule has 0 aromatic carbocycles. The molecule has 0 aliphatic heterocycles. The van der Waals surface area contributed by atoms with E-state index in [1.165, 1.54) is 22.2 Å². The Morgan fingerprint density at radius 1 is 1.68 bits per heavy atom. The van der Waals surface area contributed by atoms with Crippen LogP contribution in [0.1, 0.15) is 19.8 Å². The molecule has 0 radical (unpaired) electrons. The third kappa shape index (κ3) is 3.27. The highest BCUT2D eigenvalue weighted by Gasteiger charge is 2.43. The quantitative estimate of drug-likeness (QED) is 0.616. The first-order valence-corrected chi connectivity index (χ1v) is 9.04. The van der Waals surface area contributed by atoms with Gasteiger partial charge in [0, 0.05) is 6.54 Å². The summed E-state index contributed by atoms with van der Waals surface area (Å²) >= 11 is 6.43. The van der Waals surface area contributed by atoms with Gasteiger partial charge in [0.05, 0.1) is 6.07 Å².